The first-order valence-electron chi connectivity index (χ1n) is 12.6. The van der Waals surface area contributed by atoms with Crippen LogP contribution >= 0.6 is 0 Å². The molecule has 5 heterocycles. The molecule has 9 nitrogen and oxygen atoms in total. The molecule has 1 aromatic carbocycles. The molecule has 3 aliphatic heterocycles. The summed E-state index contributed by atoms with van der Waals surface area (Å²) in [6.45, 7) is 8.28. The molecule has 1 N–H and O–H groups in total. The first-order chi connectivity index (χ1) is 16.9. The molecule has 2 aromatic heterocycles. The van der Waals surface area contributed by atoms with E-state index in [9.17, 15) is 4.79 Å². The molecule has 2 atom stereocenters. The zero-order valence-corrected chi connectivity index (χ0v) is 20.4. The highest BCUT2D eigenvalue weighted by Gasteiger charge is 2.39. The lowest BCUT2D eigenvalue weighted by Gasteiger charge is -2.32. The highest BCUT2D eigenvalue weighted by atomic mass is 16.5. The lowest BCUT2D eigenvalue weighted by molar-refractivity contribution is -0.137. The Balaban J connectivity index is 1.28. The van der Waals surface area contributed by atoms with E-state index in [1.54, 1.807) is 0 Å². The zero-order valence-electron chi connectivity index (χ0n) is 20.4. The number of rotatable bonds is 6. The van der Waals surface area contributed by atoms with Gasteiger partial charge in [-0.1, -0.05) is 0 Å². The van der Waals surface area contributed by atoms with E-state index in [1.165, 1.54) is 11.1 Å². The number of nitrogens with zero attached hydrogens (tertiary/aromatic N) is 6. The predicted octanol–water partition coefficient (Wildman–Crippen LogP) is 3.06. The molecule has 3 fully saturated rings. The first-order valence-corrected chi connectivity index (χ1v) is 12.6. The summed E-state index contributed by atoms with van der Waals surface area (Å²) in [5.74, 6) is 2.23. The van der Waals surface area contributed by atoms with Gasteiger partial charge in [-0.15, -0.1) is 0 Å². The maximum atomic E-state index is 10.9. The number of morpholine rings is 1. The minimum Gasteiger partial charge on any atom is -0.481 e. The Morgan fingerprint density at radius 1 is 1.14 bits per heavy atom. The summed E-state index contributed by atoms with van der Waals surface area (Å²) in [5.41, 5.74) is 3.71. The van der Waals surface area contributed by atoms with E-state index >= 15 is 0 Å². The molecule has 35 heavy (non-hydrogen) atoms. The van der Waals surface area contributed by atoms with Gasteiger partial charge in [-0.05, 0) is 75.4 Å². The molecule has 184 valence electrons. The van der Waals surface area contributed by atoms with E-state index < -0.39 is 5.97 Å². The normalized spacial score (nSPS) is 23.0. The molecular formula is C26H32N6O3. The second-order valence-corrected chi connectivity index (χ2v) is 10.2. The number of carboxylic acids is 1. The summed E-state index contributed by atoms with van der Waals surface area (Å²) in [4.78, 5) is 25.0. The van der Waals surface area contributed by atoms with Gasteiger partial charge >= 0.3 is 5.97 Å². The number of likely N-dealkylation sites (tertiary alicyclic amines) is 1. The topological polar surface area (TPSA) is 96.6 Å². The highest BCUT2D eigenvalue weighted by Crippen LogP contribution is 2.35. The van der Waals surface area contributed by atoms with Crippen molar-refractivity contribution in [1.82, 2.24) is 24.6 Å². The summed E-state index contributed by atoms with van der Waals surface area (Å²) < 4.78 is 7.72. The number of carboxylic acid groups (broad SMARTS) is 1. The average Bonchev–Trinajstić information content (AvgIpc) is 3.58. The van der Waals surface area contributed by atoms with Crippen LogP contribution in [-0.4, -0.2) is 80.7 Å². The predicted molar refractivity (Wildman–Crippen MR) is 132 cm³/mol. The van der Waals surface area contributed by atoms with Gasteiger partial charge in [0.25, 0.3) is 0 Å². The van der Waals surface area contributed by atoms with Crippen molar-refractivity contribution in [2.45, 2.75) is 57.6 Å². The summed E-state index contributed by atoms with van der Waals surface area (Å²) >= 11 is 0. The second-order valence-electron chi connectivity index (χ2n) is 10.2. The Labute approximate surface area is 204 Å². The number of hydrogen-bond donors (Lipinski definition) is 1. The van der Waals surface area contributed by atoms with Crippen LogP contribution in [0.2, 0.25) is 0 Å². The molecular weight excluding hydrogens is 444 g/mol. The van der Waals surface area contributed by atoms with Gasteiger partial charge < -0.3 is 19.6 Å². The number of anilines is 1. The van der Waals surface area contributed by atoms with Gasteiger partial charge in [-0.3, -0.25) is 4.79 Å². The summed E-state index contributed by atoms with van der Waals surface area (Å²) in [5, 5.41) is 14.8. The monoisotopic (exact) mass is 476 g/mol. The van der Waals surface area contributed by atoms with Crippen LogP contribution in [0, 0.1) is 13.8 Å². The van der Waals surface area contributed by atoms with Crippen LogP contribution in [0.4, 0.5) is 5.82 Å². The number of carbonyl (C=O) groups is 1. The molecule has 0 spiro atoms. The third kappa shape index (κ3) is 4.27. The quantitative estimate of drug-likeness (QED) is 0.580. The number of benzene rings is 1. The van der Waals surface area contributed by atoms with Crippen LogP contribution in [0.1, 0.15) is 48.6 Å². The molecule has 3 aromatic rings. The molecule has 2 bridgehead atoms. The molecule has 0 unspecified atom stereocenters. The van der Waals surface area contributed by atoms with Gasteiger partial charge in [-0.2, -0.15) is 5.10 Å². The molecule has 0 aliphatic carbocycles. The van der Waals surface area contributed by atoms with Crippen molar-refractivity contribution in [3.63, 3.8) is 0 Å². The maximum absolute atomic E-state index is 10.9. The van der Waals surface area contributed by atoms with E-state index in [2.05, 4.69) is 34.9 Å². The fourth-order valence-electron chi connectivity index (χ4n) is 6.02. The van der Waals surface area contributed by atoms with Crippen LogP contribution < -0.4 is 4.90 Å². The Morgan fingerprint density at radius 2 is 1.94 bits per heavy atom. The zero-order chi connectivity index (χ0) is 24.1. The van der Waals surface area contributed by atoms with Gasteiger partial charge in [0.05, 0.1) is 36.9 Å². The van der Waals surface area contributed by atoms with Crippen LogP contribution in [-0.2, 0) is 9.53 Å². The van der Waals surface area contributed by atoms with Crippen molar-refractivity contribution >= 4 is 22.7 Å². The molecule has 0 amide bonds. The van der Waals surface area contributed by atoms with E-state index in [1.807, 2.05) is 17.8 Å². The number of piperidine rings is 1. The molecule has 3 aliphatic rings. The maximum Gasteiger partial charge on any atom is 0.304 e. The summed E-state index contributed by atoms with van der Waals surface area (Å²) in [6, 6.07) is 6.97. The number of aryl methyl sites for hydroxylation is 2. The standard InChI is InChI=1S/C26H32N6O3/c1-16-9-19-13-27-32(23(19)11-22(16)18-3-6-30(7-4-18)8-5-26(33)34)25-12-24(28-17(2)29-25)31-14-21-10-20(31)15-35-21/h9,11-13,18,20-21H,3-8,10,14-15H2,1-2H3,(H,33,34)/t20-,21-/m0/s1. The van der Waals surface area contributed by atoms with Crippen molar-refractivity contribution in [2.75, 3.05) is 37.7 Å². The summed E-state index contributed by atoms with van der Waals surface area (Å²) in [7, 11) is 0. The molecule has 0 saturated carbocycles. The van der Waals surface area contributed by atoms with E-state index in [0.29, 0.717) is 24.6 Å². The van der Waals surface area contributed by atoms with Crippen LogP contribution in [0.25, 0.3) is 16.7 Å². The number of aromatic nitrogens is 4. The average molecular weight is 477 g/mol. The molecule has 0 radical (unpaired) electrons. The van der Waals surface area contributed by atoms with Gasteiger partial charge in [0, 0.05) is 24.5 Å². The third-order valence-electron chi connectivity index (χ3n) is 7.85. The summed E-state index contributed by atoms with van der Waals surface area (Å²) in [6.07, 6.45) is 5.59. The van der Waals surface area contributed by atoms with Gasteiger partial charge in [0.2, 0.25) is 0 Å². The largest absolute Gasteiger partial charge is 0.481 e. The fourth-order valence-corrected chi connectivity index (χ4v) is 6.02. The fraction of sp³-hybridized carbons (Fsp3) is 0.538. The minimum absolute atomic E-state index is 0.209. The van der Waals surface area contributed by atoms with Gasteiger partial charge in [0.15, 0.2) is 5.82 Å². The van der Waals surface area contributed by atoms with E-state index in [0.717, 1.165) is 73.9 Å². The SMILES string of the molecule is Cc1nc(N2C[C@@H]3C[C@H]2CO3)cc(-n2ncc3cc(C)c(C4CCN(CCC(=O)O)CC4)cc32)n1. The van der Waals surface area contributed by atoms with E-state index in [-0.39, 0.29) is 6.42 Å². The molecule has 3 saturated heterocycles. The van der Waals surface area contributed by atoms with Crippen LogP contribution in [0.3, 0.4) is 0 Å². The molecule has 9 heteroatoms. The lowest BCUT2D eigenvalue weighted by Crippen LogP contribution is -2.37. The van der Waals surface area contributed by atoms with Crippen molar-refractivity contribution in [1.29, 1.82) is 0 Å². The van der Waals surface area contributed by atoms with Crippen molar-refractivity contribution in [3.8, 4) is 5.82 Å². The third-order valence-corrected chi connectivity index (χ3v) is 7.85. The van der Waals surface area contributed by atoms with Crippen molar-refractivity contribution in [3.05, 3.63) is 41.3 Å². The van der Waals surface area contributed by atoms with Crippen molar-refractivity contribution < 1.29 is 14.6 Å². The Bertz CT molecular complexity index is 1270. The second kappa shape index (κ2) is 8.87. The number of hydrogen-bond acceptors (Lipinski definition) is 7. The lowest BCUT2D eigenvalue weighted by atomic mass is 9.86. The smallest absolute Gasteiger partial charge is 0.304 e. The van der Waals surface area contributed by atoms with E-state index in [4.69, 9.17) is 24.9 Å². The Kier molecular flexibility index (Phi) is 5.69. The Hall–Kier alpha value is -3.04. The van der Waals surface area contributed by atoms with Crippen LogP contribution in [0.5, 0.6) is 0 Å². The number of fused-ring (bicyclic) bond motifs is 3. The molecule has 6 rings (SSSR count). The number of aliphatic carboxylic acids is 1. The van der Waals surface area contributed by atoms with Gasteiger partial charge in [-0.25, -0.2) is 14.6 Å². The van der Waals surface area contributed by atoms with Crippen LogP contribution in [0.15, 0.2) is 24.4 Å². The highest BCUT2D eigenvalue weighted by molar-refractivity contribution is 5.82. The first kappa shape index (κ1) is 22.4. The van der Waals surface area contributed by atoms with Gasteiger partial charge in [0.1, 0.15) is 11.6 Å². The number of ether oxygens (including phenoxy) is 1. The Morgan fingerprint density at radius 3 is 2.66 bits per heavy atom. The minimum atomic E-state index is -0.727. The van der Waals surface area contributed by atoms with Crippen molar-refractivity contribution in [2.24, 2.45) is 0 Å².